The van der Waals surface area contributed by atoms with E-state index in [1.165, 1.54) is 20.8 Å². The summed E-state index contributed by atoms with van der Waals surface area (Å²) in [4.78, 5) is 35.4. The fourth-order valence-corrected chi connectivity index (χ4v) is 4.65. The summed E-state index contributed by atoms with van der Waals surface area (Å²) in [6, 6.07) is 15.5. The molecule has 0 spiro atoms. The minimum Gasteiger partial charge on any atom is -0.475 e. The van der Waals surface area contributed by atoms with Gasteiger partial charge in [0.05, 0.1) is 0 Å². The standard InChI is InChI=1S/C26H24O9/c1-13(27)30-12-20-23(31-14(2)28)24(32-15(3)29)25-26(33-20)35-22-19-11-7-5-9-17(19)16-8-4-6-10-18(16)21(22)34-25/h4-11,20,23-26H,12H2,1-3H3/t20-,23-,24+,25-,26-/m1/s1. The summed E-state index contributed by atoms with van der Waals surface area (Å²) in [7, 11) is 0. The predicted octanol–water partition coefficient (Wildman–Crippen LogP) is 3.28. The van der Waals surface area contributed by atoms with E-state index in [-0.39, 0.29) is 6.61 Å². The molecule has 2 aliphatic rings. The fourth-order valence-electron chi connectivity index (χ4n) is 4.65. The summed E-state index contributed by atoms with van der Waals surface area (Å²) >= 11 is 0. The zero-order valence-electron chi connectivity index (χ0n) is 19.4. The molecule has 0 N–H and O–H groups in total. The van der Waals surface area contributed by atoms with Crippen molar-refractivity contribution in [3.8, 4) is 11.5 Å². The van der Waals surface area contributed by atoms with Gasteiger partial charge in [0.1, 0.15) is 12.7 Å². The Morgan fingerprint density at radius 2 is 1.23 bits per heavy atom. The molecule has 0 aromatic heterocycles. The number of hydrogen-bond donors (Lipinski definition) is 0. The first-order valence-corrected chi connectivity index (χ1v) is 11.2. The van der Waals surface area contributed by atoms with Gasteiger partial charge in [0.25, 0.3) is 0 Å². The maximum Gasteiger partial charge on any atom is 0.303 e. The number of rotatable bonds is 4. The predicted molar refractivity (Wildman–Crippen MR) is 123 cm³/mol. The van der Waals surface area contributed by atoms with Gasteiger partial charge in [0.15, 0.2) is 23.7 Å². The molecule has 0 unspecified atom stereocenters. The number of carbonyl (C=O) groups is 3. The van der Waals surface area contributed by atoms with E-state index in [0.717, 1.165) is 21.5 Å². The third-order valence-electron chi connectivity index (χ3n) is 5.97. The molecule has 1 fully saturated rings. The lowest BCUT2D eigenvalue weighted by molar-refractivity contribution is -0.286. The number of fused-ring (bicyclic) bond motifs is 7. The second-order valence-electron chi connectivity index (χ2n) is 8.44. The smallest absolute Gasteiger partial charge is 0.303 e. The maximum absolute atomic E-state index is 12.0. The molecule has 5 atom stereocenters. The quantitative estimate of drug-likeness (QED) is 0.316. The molecule has 0 amide bonds. The summed E-state index contributed by atoms with van der Waals surface area (Å²) in [6.45, 7) is 3.50. The van der Waals surface area contributed by atoms with Crippen molar-refractivity contribution in [3.05, 3.63) is 48.5 Å². The number of hydrogen-bond acceptors (Lipinski definition) is 9. The lowest BCUT2D eigenvalue weighted by Crippen LogP contribution is -2.65. The van der Waals surface area contributed by atoms with Gasteiger partial charge in [-0.15, -0.1) is 0 Å². The zero-order chi connectivity index (χ0) is 24.7. The van der Waals surface area contributed by atoms with Crippen molar-refractivity contribution >= 4 is 39.5 Å². The van der Waals surface area contributed by atoms with Crippen molar-refractivity contribution in [3.63, 3.8) is 0 Å². The van der Waals surface area contributed by atoms with Gasteiger partial charge in [-0.05, 0) is 10.8 Å². The maximum atomic E-state index is 12.0. The first-order chi connectivity index (χ1) is 16.8. The van der Waals surface area contributed by atoms with E-state index < -0.39 is 48.6 Å². The largest absolute Gasteiger partial charge is 0.475 e. The van der Waals surface area contributed by atoms with Crippen LogP contribution >= 0.6 is 0 Å². The van der Waals surface area contributed by atoms with E-state index in [2.05, 4.69) is 0 Å². The van der Waals surface area contributed by atoms with E-state index in [1.807, 2.05) is 48.5 Å². The van der Waals surface area contributed by atoms with E-state index in [1.54, 1.807) is 0 Å². The van der Waals surface area contributed by atoms with Crippen LogP contribution in [0.4, 0.5) is 0 Å². The van der Waals surface area contributed by atoms with Crippen LogP contribution < -0.4 is 9.47 Å². The first-order valence-electron chi connectivity index (χ1n) is 11.2. The van der Waals surface area contributed by atoms with Gasteiger partial charge in [-0.3, -0.25) is 14.4 Å². The molecular formula is C26H24O9. The third-order valence-corrected chi connectivity index (χ3v) is 5.97. The summed E-state index contributed by atoms with van der Waals surface area (Å²) in [6.07, 6.45) is -5.09. The molecule has 182 valence electrons. The third kappa shape index (κ3) is 4.23. The van der Waals surface area contributed by atoms with Crippen molar-refractivity contribution in [2.75, 3.05) is 6.61 Å². The van der Waals surface area contributed by atoms with Crippen LogP contribution in [0.15, 0.2) is 48.5 Å². The zero-order valence-corrected chi connectivity index (χ0v) is 19.4. The first kappa shape index (κ1) is 22.9. The Bertz CT molecular complexity index is 1320. The second kappa shape index (κ2) is 9.07. The van der Waals surface area contributed by atoms with Crippen molar-refractivity contribution in [2.45, 2.75) is 51.5 Å². The Morgan fingerprint density at radius 3 is 1.77 bits per heavy atom. The minimum atomic E-state index is -1.09. The topological polar surface area (TPSA) is 107 Å². The van der Waals surface area contributed by atoms with Crippen LogP contribution in [0.3, 0.4) is 0 Å². The van der Waals surface area contributed by atoms with E-state index in [0.29, 0.717) is 11.5 Å². The van der Waals surface area contributed by atoms with Gasteiger partial charge in [0.2, 0.25) is 12.4 Å². The normalized spacial score (nSPS) is 24.9. The fraction of sp³-hybridized carbons (Fsp3) is 0.346. The second-order valence-corrected chi connectivity index (χ2v) is 8.44. The highest BCUT2D eigenvalue weighted by atomic mass is 16.7. The van der Waals surface area contributed by atoms with Gasteiger partial charge in [-0.1, -0.05) is 48.5 Å². The van der Waals surface area contributed by atoms with E-state index in [9.17, 15) is 14.4 Å². The van der Waals surface area contributed by atoms with Gasteiger partial charge in [-0.25, -0.2) is 0 Å². The average Bonchev–Trinajstić information content (AvgIpc) is 2.83. The van der Waals surface area contributed by atoms with Crippen LogP contribution in [-0.4, -0.2) is 55.2 Å². The molecule has 0 aliphatic carbocycles. The Hall–Kier alpha value is -3.85. The Balaban J connectivity index is 1.63. The molecule has 35 heavy (non-hydrogen) atoms. The summed E-state index contributed by atoms with van der Waals surface area (Å²) in [5.41, 5.74) is 0. The molecule has 2 aliphatic heterocycles. The Morgan fingerprint density at radius 1 is 0.714 bits per heavy atom. The number of ether oxygens (including phenoxy) is 6. The van der Waals surface area contributed by atoms with Crippen molar-refractivity contribution < 1.29 is 42.8 Å². The SMILES string of the molecule is CC(=O)OC[C@H]1O[C@@H]2Oc3c(c4ccccc4c4ccccc34)O[C@@H]2[C@@H](OC(C)=O)[C@@H]1OC(C)=O. The van der Waals surface area contributed by atoms with Gasteiger partial charge < -0.3 is 28.4 Å². The number of benzene rings is 3. The Labute approximate surface area is 200 Å². The van der Waals surface area contributed by atoms with E-state index >= 15 is 0 Å². The van der Waals surface area contributed by atoms with Crippen molar-refractivity contribution in [2.24, 2.45) is 0 Å². The molecule has 0 bridgehead atoms. The number of esters is 3. The summed E-state index contributed by atoms with van der Waals surface area (Å²) < 4.78 is 35.1. The minimum absolute atomic E-state index is 0.233. The highest BCUT2D eigenvalue weighted by molar-refractivity contribution is 6.13. The molecular weight excluding hydrogens is 456 g/mol. The lowest BCUT2D eigenvalue weighted by atomic mass is 9.95. The molecule has 9 heteroatoms. The average molecular weight is 480 g/mol. The van der Waals surface area contributed by atoms with Gasteiger partial charge in [0, 0.05) is 31.5 Å². The van der Waals surface area contributed by atoms with Gasteiger partial charge in [-0.2, -0.15) is 0 Å². The number of carbonyl (C=O) groups excluding carboxylic acids is 3. The molecule has 2 heterocycles. The van der Waals surface area contributed by atoms with Crippen LogP contribution in [0.5, 0.6) is 11.5 Å². The van der Waals surface area contributed by atoms with Crippen LogP contribution in [0, 0.1) is 0 Å². The molecule has 9 nitrogen and oxygen atoms in total. The Kier molecular flexibility index (Phi) is 5.94. The molecule has 1 saturated heterocycles. The molecule has 0 radical (unpaired) electrons. The molecule has 3 aromatic rings. The molecule has 5 rings (SSSR count). The van der Waals surface area contributed by atoms with Crippen LogP contribution in [0.2, 0.25) is 0 Å². The summed E-state index contributed by atoms with van der Waals surface area (Å²) in [5.74, 6) is -0.794. The molecule has 3 aromatic carbocycles. The van der Waals surface area contributed by atoms with Crippen molar-refractivity contribution in [1.82, 2.24) is 0 Å². The van der Waals surface area contributed by atoms with Crippen molar-refractivity contribution in [1.29, 1.82) is 0 Å². The lowest BCUT2D eigenvalue weighted by Gasteiger charge is -2.46. The molecule has 0 saturated carbocycles. The van der Waals surface area contributed by atoms with Crippen LogP contribution in [0.1, 0.15) is 20.8 Å². The van der Waals surface area contributed by atoms with Crippen LogP contribution in [-0.2, 0) is 33.3 Å². The highest BCUT2D eigenvalue weighted by Crippen LogP contribution is 2.48. The van der Waals surface area contributed by atoms with Gasteiger partial charge >= 0.3 is 17.9 Å². The highest BCUT2D eigenvalue weighted by Gasteiger charge is 2.55. The van der Waals surface area contributed by atoms with E-state index in [4.69, 9.17) is 28.4 Å². The van der Waals surface area contributed by atoms with Crippen LogP contribution in [0.25, 0.3) is 21.5 Å². The monoisotopic (exact) mass is 480 g/mol. The summed E-state index contributed by atoms with van der Waals surface area (Å²) in [5, 5.41) is 3.58.